The predicted molar refractivity (Wildman–Crippen MR) is 94.1 cm³/mol. The highest BCUT2D eigenvalue weighted by molar-refractivity contribution is 7.19. The number of nitrogens with zero attached hydrogens (tertiary/aromatic N) is 4. The average molecular weight is 383 g/mol. The Balaban J connectivity index is 1.50. The van der Waals surface area contributed by atoms with Gasteiger partial charge >= 0.3 is 12.2 Å². The van der Waals surface area contributed by atoms with Crippen molar-refractivity contribution in [3.8, 4) is 0 Å². The summed E-state index contributed by atoms with van der Waals surface area (Å²) in [5, 5.41) is 4.55. The topological polar surface area (TPSA) is 57.4 Å². The molecule has 0 amide bonds. The third kappa shape index (κ3) is 3.47. The molecule has 1 saturated heterocycles. The lowest BCUT2D eigenvalue weighted by atomic mass is 10.2. The normalized spacial score (nSPS) is 16.4. The van der Waals surface area contributed by atoms with Crippen LogP contribution in [-0.4, -0.2) is 48.1 Å². The molecule has 26 heavy (non-hydrogen) atoms. The molecule has 4 rings (SSSR count). The zero-order valence-electron chi connectivity index (χ0n) is 13.9. The maximum absolute atomic E-state index is 12.8. The number of rotatable bonds is 3. The average Bonchev–Trinajstić information content (AvgIpc) is 3.20. The summed E-state index contributed by atoms with van der Waals surface area (Å²) >= 11 is 1.46. The van der Waals surface area contributed by atoms with E-state index in [0.717, 1.165) is 43.3 Å². The Bertz CT molecular complexity index is 914. The van der Waals surface area contributed by atoms with Gasteiger partial charge in [0.1, 0.15) is 10.5 Å². The molecule has 0 spiro atoms. The second-order valence-corrected chi connectivity index (χ2v) is 7.13. The predicted octanol–water partition coefficient (Wildman–Crippen LogP) is 3.80. The molecule has 0 radical (unpaired) electrons. The lowest BCUT2D eigenvalue weighted by molar-refractivity contribution is -0.137. The summed E-state index contributed by atoms with van der Waals surface area (Å²) < 4.78 is 43.8. The number of hydrogen-bond acceptors (Lipinski definition) is 7. The third-order valence-electron chi connectivity index (χ3n) is 4.24. The largest absolute Gasteiger partial charge is 0.423 e. The lowest BCUT2D eigenvalue weighted by Crippen LogP contribution is -2.44. The number of aromatic nitrogens is 2. The molecule has 1 aliphatic rings. The first-order valence-corrected chi connectivity index (χ1v) is 8.84. The second-order valence-electron chi connectivity index (χ2n) is 6.12. The van der Waals surface area contributed by atoms with Crippen molar-refractivity contribution in [2.45, 2.75) is 6.18 Å². The van der Waals surface area contributed by atoms with E-state index >= 15 is 0 Å². The number of halogens is 3. The van der Waals surface area contributed by atoms with Crippen LogP contribution in [0.2, 0.25) is 0 Å². The molecule has 3 aromatic rings. The standard InChI is InChI=1S/C16H16F3N5OS/c1-23-4-6-24(7-5-23)13-9-20-15(26-13)22-14-21-11-8-10(16(17,18)19)2-3-12(11)25-14/h2-3,8-9H,4-7H2,1H3,(H,20,21,22). The summed E-state index contributed by atoms with van der Waals surface area (Å²) in [5.41, 5.74) is -0.314. The summed E-state index contributed by atoms with van der Waals surface area (Å²) in [6, 6.07) is 3.35. The van der Waals surface area contributed by atoms with Crippen LogP contribution in [0.1, 0.15) is 5.56 Å². The summed E-state index contributed by atoms with van der Waals surface area (Å²) in [7, 11) is 2.09. The Morgan fingerprint density at radius 1 is 1.19 bits per heavy atom. The summed E-state index contributed by atoms with van der Waals surface area (Å²) in [6.07, 6.45) is -2.63. The number of nitrogens with one attached hydrogen (secondary N) is 1. The van der Waals surface area contributed by atoms with E-state index < -0.39 is 11.7 Å². The van der Waals surface area contributed by atoms with E-state index in [9.17, 15) is 13.2 Å². The van der Waals surface area contributed by atoms with Gasteiger partial charge in [0, 0.05) is 26.2 Å². The first kappa shape index (κ1) is 17.1. The van der Waals surface area contributed by atoms with E-state index in [4.69, 9.17) is 4.42 Å². The second kappa shape index (κ2) is 6.44. The first-order valence-electron chi connectivity index (χ1n) is 8.02. The van der Waals surface area contributed by atoms with Gasteiger partial charge in [0.15, 0.2) is 10.7 Å². The van der Waals surface area contributed by atoms with Crippen molar-refractivity contribution in [1.29, 1.82) is 0 Å². The third-order valence-corrected chi connectivity index (χ3v) is 5.21. The Kier molecular flexibility index (Phi) is 4.23. The summed E-state index contributed by atoms with van der Waals surface area (Å²) in [5.74, 6) is 0. The molecule has 3 heterocycles. The molecule has 6 nitrogen and oxygen atoms in total. The fraction of sp³-hybridized carbons (Fsp3) is 0.375. The molecule has 1 aromatic carbocycles. The van der Waals surface area contributed by atoms with Crippen LogP contribution in [0.15, 0.2) is 28.8 Å². The minimum atomic E-state index is -4.41. The smallest absolute Gasteiger partial charge is 0.416 e. The molecule has 0 aliphatic carbocycles. The van der Waals surface area contributed by atoms with Gasteiger partial charge in [-0.2, -0.15) is 18.2 Å². The van der Waals surface area contributed by atoms with Gasteiger partial charge in [0.05, 0.1) is 11.8 Å². The fourth-order valence-corrected chi connectivity index (χ4v) is 3.60. The van der Waals surface area contributed by atoms with Crippen molar-refractivity contribution in [2.24, 2.45) is 0 Å². The van der Waals surface area contributed by atoms with Crippen LogP contribution in [0.3, 0.4) is 0 Å². The number of anilines is 3. The van der Waals surface area contributed by atoms with Crippen molar-refractivity contribution in [3.05, 3.63) is 30.0 Å². The van der Waals surface area contributed by atoms with Gasteiger partial charge in [-0.1, -0.05) is 11.3 Å². The Labute approximate surface area is 151 Å². The minimum Gasteiger partial charge on any atom is -0.423 e. The lowest BCUT2D eigenvalue weighted by Gasteiger charge is -2.32. The van der Waals surface area contributed by atoms with Gasteiger partial charge in [0.25, 0.3) is 0 Å². The first-order chi connectivity index (χ1) is 12.4. The Hall–Kier alpha value is -2.33. The van der Waals surface area contributed by atoms with Crippen LogP contribution in [0.25, 0.3) is 11.1 Å². The Morgan fingerprint density at radius 3 is 2.69 bits per heavy atom. The minimum absolute atomic E-state index is 0.124. The maximum Gasteiger partial charge on any atom is 0.416 e. The van der Waals surface area contributed by atoms with E-state index in [1.807, 2.05) is 0 Å². The van der Waals surface area contributed by atoms with Crippen LogP contribution in [0, 0.1) is 0 Å². The zero-order valence-corrected chi connectivity index (χ0v) is 14.7. The number of likely N-dealkylation sites (N-methyl/N-ethyl adjacent to an activating group) is 1. The maximum atomic E-state index is 12.8. The molecule has 0 atom stereocenters. The quantitative estimate of drug-likeness (QED) is 0.743. The van der Waals surface area contributed by atoms with Crippen LogP contribution in [0.4, 0.5) is 29.3 Å². The van der Waals surface area contributed by atoms with Crippen LogP contribution in [0.5, 0.6) is 0 Å². The van der Waals surface area contributed by atoms with Gasteiger partial charge < -0.3 is 14.2 Å². The van der Waals surface area contributed by atoms with Crippen LogP contribution >= 0.6 is 11.3 Å². The molecular weight excluding hydrogens is 367 g/mol. The molecule has 0 unspecified atom stereocenters. The number of alkyl halides is 3. The van der Waals surface area contributed by atoms with Crippen LogP contribution < -0.4 is 10.2 Å². The monoisotopic (exact) mass is 383 g/mol. The van der Waals surface area contributed by atoms with E-state index in [2.05, 4.69) is 32.1 Å². The van der Waals surface area contributed by atoms with E-state index in [1.54, 1.807) is 6.20 Å². The van der Waals surface area contributed by atoms with Crippen molar-refractivity contribution < 1.29 is 17.6 Å². The molecule has 0 saturated carbocycles. The SMILES string of the molecule is CN1CCN(c2cnc(Nc3nc4cc(C(F)(F)F)ccc4o3)s2)CC1. The number of thiazole rings is 1. The van der Waals surface area contributed by atoms with Gasteiger partial charge in [-0.25, -0.2) is 4.98 Å². The van der Waals surface area contributed by atoms with Crippen molar-refractivity contribution in [3.63, 3.8) is 0 Å². The molecule has 1 fully saturated rings. The number of fused-ring (bicyclic) bond motifs is 1. The zero-order chi connectivity index (χ0) is 18.3. The molecular formula is C16H16F3N5OS. The molecule has 1 N–H and O–H groups in total. The van der Waals surface area contributed by atoms with Crippen molar-refractivity contribution in [2.75, 3.05) is 43.4 Å². The Morgan fingerprint density at radius 2 is 1.96 bits per heavy atom. The summed E-state index contributed by atoms with van der Waals surface area (Å²) in [6.45, 7) is 3.85. The number of oxazole rings is 1. The highest BCUT2D eigenvalue weighted by Crippen LogP contribution is 2.33. The van der Waals surface area contributed by atoms with E-state index in [-0.39, 0.29) is 17.1 Å². The van der Waals surface area contributed by atoms with Gasteiger partial charge in [-0.3, -0.25) is 5.32 Å². The molecule has 0 bridgehead atoms. The van der Waals surface area contributed by atoms with Crippen LogP contribution in [-0.2, 0) is 6.18 Å². The van der Waals surface area contributed by atoms with Gasteiger partial charge in [-0.05, 0) is 25.2 Å². The molecule has 138 valence electrons. The van der Waals surface area contributed by atoms with Gasteiger partial charge in [0.2, 0.25) is 0 Å². The molecule has 1 aliphatic heterocycles. The number of hydrogen-bond donors (Lipinski definition) is 1. The van der Waals surface area contributed by atoms with E-state index in [0.29, 0.717) is 5.13 Å². The van der Waals surface area contributed by atoms with Crippen molar-refractivity contribution in [1.82, 2.24) is 14.9 Å². The molecule has 2 aromatic heterocycles. The fourth-order valence-electron chi connectivity index (χ4n) is 2.75. The number of piperazine rings is 1. The highest BCUT2D eigenvalue weighted by atomic mass is 32.1. The highest BCUT2D eigenvalue weighted by Gasteiger charge is 2.31. The van der Waals surface area contributed by atoms with Crippen molar-refractivity contribution >= 4 is 38.6 Å². The van der Waals surface area contributed by atoms with E-state index in [1.165, 1.54) is 17.4 Å². The molecule has 10 heteroatoms. The van der Waals surface area contributed by atoms with Gasteiger partial charge in [-0.15, -0.1) is 0 Å². The number of benzene rings is 1. The summed E-state index contributed by atoms with van der Waals surface area (Å²) in [4.78, 5) is 12.9.